The first-order valence-corrected chi connectivity index (χ1v) is 7.10. The molecule has 1 saturated carbocycles. The second-order valence-electron chi connectivity index (χ2n) is 5.40. The number of carboxylic acids is 1. The molecule has 2 fully saturated rings. The quantitative estimate of drug-likeness (QED) is 0.567. The maximum Gasteiger partial charge on any atom is 0.326 e. The van der Waals surface area contributed by atoms with E-state index in [1.807, 2.05) is 0 Å². The van der Waals surface area contributed by atoms with E-state index in [2.05, 4.69) is 10.6 Å². The third-order valence-electron chi connectivity index (χ3n) is 3.79. The Hall–Kier alpha value is -1.83. The predicted octanol–water partition coefficient (Wildman–Crippen LogP) is -0.604. The molecule has 0 aromatic rings. The van der Waals surface area contributed by atoms with Gasteiger partial charge in [0.05, 0.1) is 6.10 Å². The monoisotopic (exact) mass is 299 g/mol. The second kappa shape index (κ2) is 6.75. The summed E-state index contributed by atoms with van der Waals surface area (Å²) in [6.07, 6.45) is 1.90. The topological polar surface area (TPSA) is 108 Å². The summed E-state index contributed by atoms with van der Waals surface area (Å²) in [6, 6.07) is -1.31. The van der Waals surface area contributed by atoms with E-state index in [0.717, 1.165) is 12.8 Å². The van der Waals surface area contributed by atoms with Crippen LogP contribution < -0.4 is 10.6 Å². The number of nitrogens with zero attached hydrogens (tertiary/aromatic N) is 1. The molecule has 0 aromatic carbocycles. The Morgan fingerprint density at radius 1 is 1.24 bits per heavy atom. The standard InChI is InChI=1S/C13H21N3O5/c1-21-9-6-10(12(18)19)16(7-9)13(20)15-5-4-14-11(17)8-2-3-8/h8-10H,2-7H2,1H3,(H,14,17)(H,15,20)(H,18,19). The van der Waals surface area contributed by atoms with Gasteiger partial charge in [-0.15, -0.1) is 0 Å². The van der Waals surface area contributed by atoms with Crippen LogP contribution in [0.4, 0.5) is 4.79 Å². The highest BCUT2D eigenvalue weighted by atomic mass is 16.5. The molecular formula is C13H21N3O5. The van der Waals surface area contributed by atoms with Gasteiger partial charge in [0.15, 0.2) is 0 Å². The molecule has 2 rings (SSSR count). The molecular weight excluding hydrogens is 278 g/mol. The largest absolute Gasteiger partial charge is 0.480 e. The van der Waals surface area contributed by atoms with E-state index in [1.54, 1.807) is 0 Å². The Labute approximate surface area is 122 Å². The fraction of sp³-hybridized carbons (Fsp3) is 0.769. The Balaban J connectivity index is 1.73. The number of hydrogen-bond donors (Lipinski definition) is 3. The van der Waals surface area contributed by atoms with Gasteiger partial charge in [0.25, 0.3) is 0 Å². The number of urea groups is 1. The lowest BCUT2D eigenvalue weighted by molar-refractivity contribution is -0.141. The van der Waals surface area contributed by atoms with E-state index < -0.39 is 18.0 Å². The zero-order valence-corrected chi connectivity index (χ0v) is 12.0. The van der Waals surface area contributed by atoms with E-state index >= 15 is 0 Å². The van der Waals surface area contributed by atoms with Crippen molar-refractivity contribution < 1.29 is 24.2 Å². The number of nitrogens with one attached hydrogen (secondary N) is 2. The van der Waals surface area contributed by atoms with Gasteiger partial charge in [-0.25, -0.2) is 9.59 Å². The molecule has 118 valence electrons. The van der Waals surface area contributed by atoms with Crippen molar-refractivity contribution in [2.24, 2.45) is 5.92 Å². The van der Waals surface area contributed by atoms with Crippen molar-refractivity contribution >= 4 is 17.9 Å². The van der Waals surface area contributed by atoms with Crippen LogP contribution >= 0.6 is 0 Å². The third-order valence-corrected chi connectivity index (χ3v) is 3.79. The summed E-state index contributed by atoms with van der Waals surface area (Å²) in [5.41, 5.74) is 0. The molecule has 1 aliphatic carbocycles. The van der Waals surface area contributed by atoms with Gasteiger partial charge in [-0.05, 0) is 12.8 Å². The zero-order chi connectivity index (χ0) is 15.4. The van der Waals surface area contributed by atoms with Crippen LogP contribution in [-0.2, 0) is 14.3 Å². The third kappa shape index (κ3) is 4.07. The molecule has 0 bridgehead atoms. The first-order valence-electron chi connectivity index (χ1n) is 7.10. The van der Waals surface area contributed by atoms with Crippen molar-refractivity contribution in [2.45, 2.75) is 31.4 Å². The molecule has 1 aliphatic heterocycles. The summed E-state index contributed by atoms with van der Waals surface area (Å²) in [6.45, 7) is 0.881. The van der Waals surface area contributed by atoms with Crippen LogP contribution in [0.25, 0.3) is 0 Å². The maximum atomic E-state index is 12.0. The molecule has 0 aromatic heterocycles. The van der Waals surface area contributed by atoms with E-state index in [1.165, 1.54) is 12.0 Å². The number of rotatable bonds is 6. The van der Waals surface area contributed by atoms with Gasteiger partial charge >= 0.3 is 12.0 Å². The van der Waals surface area contributed by atoms with Crippen LogP contribution in [0.1, 0.15) is 19.3 Å². The number of ether oxygens (including phenoxy) is 1. The highest BCUT2D eigenvalue weighted by molar-refractivity contribution is 5.83. The number of carboxylic acid groups (broad SMARTS) is 1. The Bertz CT molecular complexity index is 424. The Morgan fingerprint density at radius 2 is 1.90 bits per heavy atom. The van der Waals surface area contributed by atoms with Crippen LogP contribution in [0.3, 0.4) is 0 Å². The fourth-order valence-corrected chi connectivity index (χ4v) is 2.37. The highest BCUT2D eigenvalue weighted by Gasteiger charge is 2.39. The van der Waals surface area contributed by atoms with E-state index in [9.17, 15) is 14.4 Å². The SMILES string of the molecule is COC1CC(C(=O)O)N(C(=O)NCCNC(=O)C2CC2)C1. The van der Waals surface area contributed by atoms with Crippen LogP contribution in [-0.4, -0.2) is 66.8 Å². The fourth-order valence-electron chi connectivity index (χ4n) is 2.37. The van der Waals surface area contributed by atoms with Gasteiger partial charge in [-0.1, -0.05) is 0 Å². The molecule has 0 spiro atoms. The van der Waals surface area contributed by atoms with Crippen molar-refractivity contribution in [3.8, 4) is 0 Å². The van der Waals surface area contributed by atoms with Crippen LogP contribution in [0.5, 0.6) is 0 Å². The summed E-state index contributed by atoms with van der Waals surface area (Å²) >= 11 is 0. The lowest BCUT2D eigenvalue weighted by Gasteiger charge is -2.21. The van der Waals surface area contributed by atoms with Gasteiger partial charge in [0.1, 0.15) is 6.04 Å². The lowest BCUT2D eigenvalue weighted by atomic mass is 10.2. The molecule has 1 saturated heterocycles. The molecule has 3 amide bonds. The Kier molecular flexibility index (Phi) is 5.00. The lowest BCUT2D eigenvalue weighted by Crippen LogP contribution is -2.47. The normalized spacial score (nSPS) is 24.7. The molecule has 3 N–H and O–H groups in total. The predicted molar refractivity (Wildman–Crippen MR) is 72.7 cm³/mol. The van der Waals surface area contributed by atoms with Gasteiger partial charge in [0, 0.05) is 39.1 Å². The van der Waals surface area contributed by atoms with Gasteiger partial charge in [-0.2, -0.15) is 0 Å². The van der Waals surface area contributed by atoms with Crippen molar-refractivity contribution in [3.05, 3.63) is 0 Å². The first kappa shape index (κ1) is 15.6. The number of carbonyl (C=O) groups is 3. The van der Waals surface area contributed by atoms with Crippen molar-refractivity contribution in [3.63, 3.8) is 0 Å². The van der Waals surface area contributed by atoms with Crippen molar-refractivity contribution in [1.82, 2.24) is 15.5 Å². The van der Waals surface area contributed by atoms with Crippen LogP contribution in [0.15, 0.2) is 0 Å². The average molecular weight is 299 g/mol. The van der Waals surface area contributed by atoms with Crippen LogP contribution in [0, 0.1) is 5.92 Å². The zero-order valence-electron chi connectivity index (χ0n) is 12.0. The van der Waals surface area contributed by atoms with Crippen molar-refractivity contribution in [1.29, 1.82) is 0 Å². The Morgan fingerprint density at radius 3 is 2.48 bits per heavy atom. The average Bonchev–Trinajstić information content (AvgIpc) is 3.21. The van der Waals surface area contributed by atoms with E-state index in [-0.39, 0.29) is 37.4 Å². The molecule has 8 heteroatoms. The number of hydrogen-bond acceptors (Lipinski definition) is 4. The van der Waals surface area contributed by atoms with E-state index in [4.69, 9.17) is 9.84 Å². The van der Waals surface area contributed by atoms with Gasteiger partial charge in [-0.3, -0.25) is 4.79 Å². The second-order valence-corrected chi connectivity index (χ2v) is 5.40. The number of methoxy groups -OCH3 is 1. The summed E-state index contributed by atoms with van der Waals surface area (Å²) in [4.78, 5) is 35.8. The maximum absolute atomic E-state index is 12.0. The highest BCUT2D eigenvalue weighted by Crippen LogP contribution is 2.28. The minimum atomic E-state index is -1.04. The molecule has 2 aliphatic rings. The smallest absolute Gasteiger partial charge is 0.326 e. The van der Waals surface area contributed by atoms with Gasteiger partial charge < -0.3 is 25.4 Å². The molecule has 0 radical (unpaired) electrons. The summed E-state index contributed by atoms with van der Waals surface area (Å²) < 4.78 is 5.12. The molecule has 21 heavy (non-hydrogen) atoms. The van der Waals surface area contributed by atoms with Gasteiger partial charge in [0.2, 0.25) is 5.91 Å². The number of carbonyl (C=O) groups excluding carboxylic acids is 2. The number of amides is 3. The van der Waals surface area contributed by atoms with Crippen molar-refractivity contribution in [2.75, 3.05) is 26.7 Å². The van der Waals surface area contributed by atoms with Crippen LogP contribution in [0.2, 0.25) is 0 Å². The minimum Gasteiger partial charge on any atom is -0.480 e. The summed E-state index contributed by atoms with van der Waals surface area (Å²) in [7, 11) is 1.50. The van der Waals surface area contributed by atoms with E-state index in [0.29, 0.717) is 6.54 Å². The number of aliphatic carboxylic acids is 1. The molecule has 1 heterocycles. The molecule has 2 atom stereocenters. The molecule has 8 nitrogen and oxygen atoms in total. The minimum absolute atomic E-state index is 0.0216. The first-order chi connectivity index (χ1) is 10.0. The summed E-state index contributed by atoms with van der Waals surface area (Å²) in [5.74, 6) is -0.877. The molecule has 2 unspecified atom stereocenters. The number of likely N-dealkylation sites (tertiary alicyclic amines) is 1. The summed E-state index contributed by atoms with van der Waals surface area (Å²) in [5, 5.41) is 14.5.